The van der Waals surface area contributed by atoms with Crippen molar-refractivity contribution in [3.05, 3.63) is 9.94 Å². The first-order valence-corrected chi connectivity index (χ1v) is 3.25. The number of halogens is 1. The Morgan fingerprint density at radius 1 is 1.86 bits per heavy atom. The second kappa shape index (κ2) is 2.07. The van der Waals surface area contributed by atoms with Crippen LogP contribution in [0.4, 0.5) is 0 Å². The lowest BCUT2D eigenvalue weighted by Gasteiger charge is -1.81. The van der Waals surface area contributed by atoms with Crippen LogP contribution in [-0.2, 0) is 0 Å². The second-order valence-electron chi connectivity index (χ2n) is 1.48. The van der Waals surface area contributed by atoms with Crippen molar-refractivity contribution in [3.8, 4) is 0 Å². The Morgan fingerprint density at radius 2 is 2.57 bits per heavy atom. The van der Waals surface area contributed by atoms with Crippen molar-refractivity contribution in [1.82, 2.24) is 4.72 Å². The molecule has 1 nitrogen and oxygen atoms in total. The van der Waals surface area contributed by atoms with Crippen molar-refractivity contribution >= 4 is 23.5 Å². The molecule has 1 aliphatic heterocycles. The van der Waals surface area contributed by atoms with Crippen LogP contribution in [0.3, 0.4) is 0 Å². The van der Waals surface area contributed by atoms with E-state index < -0.39 is 0 Å². The van der Waals surface area contributed by atoms with Gasteiger partial charge in [0.1, 0.15) is 0 Å². The monoisotopic (exact) mass is 135 g/mol. The lowest BCUT2D eigenvalue weighted by atomic mass is 10.4. The van der Waals surface area contributed by atoms with E-state index in [1.165, 1.54) is 17.5 Å². The molecule has 0 saturated carbocycles. The van der Waals surface area contributed by atoms with Gasteiger partial charge in [0, 0.05) is 6.54 Å². The standard InChI is InChI=1S/C4H6ClNS/c1-3-2-6-7-4(3)5/h6H,2H2,1H3. The molecule has 1 aliphatic rings. The van der Waals surface area contributed by atoms with E-state index in [9.17, 15) is 0 Å². The minimum absolute atomic E-state index is 0.903. The van der Waals surface area contributed by atoms with Gasteiger partial charge in [0.2, 0.25) is 0 Å². The van der Waals surface area contributed by atoms with Crippen LogP contribution in [-0.4, -0.2) is 6.54 Å². The van der Waals surface area contributed by atoms with Crippen LogP contribution in [0, 0.1) is 0 Å². The van der Waals surface area contributed by atoms with Crippen LogP contribution in [0.25, 0.3) is 0 Å². The molecule has 0 unspecified atom stereocenters. The molecule has 0 atom stereocenters. The second-order valence-corrected chi connectivity index (χ2v) is 2.98. The molecule has 0 fully saturated rings. The van der Waals surface area contributed by atoms with E-state index in [1.807, 2.05) is 6.92 Å². The highest BCUT2D eigenvalue weighted by molar-refractivity contribution is 8.03. The first-order valence-electron chi connectivity index (χ1n) is 2.05. The molecule has 1 rings (SSSR count). The van der Waals surface area contributed by atoms with E-state index >= 15 is 0 Å². The Kier molecular flexibility index (Phi) is 1.62. The lowest BCUT2D eigenvalue weighted by molar-refractivity contribution is 1.08. The minimum Gasteiger partial charge on any atom is -0.255 e. The van der Waals surface area contributed by atoms with Crippen molar-refractivity contribution in [2.45, 2.75) is 6.92 Å². The van der Waals surface area contributed by atoms with Crippen LogP contribution in [0.15, 0.2) is 9.94 Å². The van der Waals surface area contributed by atoms with Gasteiger partial charge in [-0.05, 0) is 24.4 Å². The van der Waals surface area contributed by atoms with Gasteiger partial charge in [0.05, 0.1) is 4.36 Å². The van der Waals surface area contributed by atoms with E-state index in [0.717, 1.165) is 10.9 Å². The molecule has 0 aromatic rings. The normalized spacial score (nSPS) is 21.4. The predicted molar refractivity (Wildman–Crippen MR) is 34.1 cm³/mol. The highest BCUT2D eigenvalue weighted by Gasteiger charge is 2.06. The number of hydrogen-bond acceptors (Lipinski definition) is 2. The maximum absolute atomic E-state index is 5.64. The SMILES string of the molecule is CC1=C(Cl)SNC1. The summed E-state index contributed by atoms with van der Waals surface area (Å²) in [6.45, 7) is 2.96. The smallest absolute Gasteiger partial charge is 0.0889 e. The van der Waals surface area contributed by atoms with Gasteiger partial charge < -0.3 is 0 Å². The molecule has 1 N–H and O–H groups in total. The van der Waals surface area contributed by atoms with Crippen molar-refractivity contribution in [1.29, 1.82) is 0 Å². The molecule has 0 radical (unpaired) electrons. The molecule has 0 bridgehead atoms. The summed E-state index contributed by atoms with van der Waals surface area (Å²) in [6.07, 6.45) is 0. The molecular formula is C4H6ClNS. The summed E-state index contributed by atoms with van der Waals surface area (Å²) in [5.41, 5.74) is 1.24. The van der Waals surface area contributed by atoms with E-state index in [2.05, 4.69) is 4.72 Å². The zero-order valence-electron chi connectivity index (χ0n) is 3.99. The highest BCUT2D eigenvalue weighted by atomic mass is 35.5. The van der Waals surface area contributed by atoms with Crippen LogP contribution in [0.5, 0.6) is 0 Å². The molecule has 7 heavy (non-hydrogen) atoms. The summed E-state index contributed by atoms with van der Waals surface area (Å²) in [5, 5.41) is 0. The van der Waals surface area contributed by atoms with Gasteiger partial charge in [-0.3, -0.25) is 4.72 Å². The molecule has 40 valence electrons. The van der Waals surface area contributed by atoms with Gasteiger partial charge in [0.15, 0.2) is 0 Å². The lowest BCUT2D eigenvalue weighted by Crippen LogP contribution is -1.96. The Hall–Kier alpha value is 0.340. The Bertz CT molecular complexity index is 98.3. The van der Waals surface area contributed by atoms with E-state index in [-0.39, 0.29) is 0 Å². The maximum Gasteiger partial charge on any atom is 0.0889 e. The van der Waals surface area contributed by atoms with Crippen LogP contribution < -0.4 is 4.72 Å². The fourth-order valence-corrected chi connectivity index (χ4v) is 1.26. The molecular weight excluding hydrogens is 130 g/mol. The Morgan fingerprint density at radius 3 is 2.71 bits per heavy atom. The number of nitrogens with one attached hydrogen (secondary N) is 1. The summed E-state index contributed by atoms with van der Waals surface area (Å²) in [4.78, 5) is 0. The fourth-order valence-electron chi connectivity index (χ4n) is 0.364. The minimum atomic E-state index is 0.903. The predicted octanol–water partition coefficient (Wildman–Crippen LogP) is 1.71. The summed E-state index contributed by atoms with van der Waals surface area (Å²) < 4.78 is 3.94. The van der Waals surface area contributed by atoms with Crippen LogP contribution in [0.2, 0.25) is 0 Å². The van der Waals surface area contributed by atoms with Gasteiger partial charge in [-0.25, -0.2) is 0 Å². The van der Waals surface area contributed by atoms with Crippen LogP contribution in [0.1, 0.15) is 6.92 Å². The fraction of sp³-hybridized carbons (Fsp3) is 0.500. The number of hydrogen-bond donors (Lipinski definition) is 1. The molecule has 0 amide bonds. The topological polar surface area (TPSA) is 12.0 Å². The molecule has 0 saturated heterocycles. The highest BCUT2D eigenvalue weighted by Crippen LogP contribution is 2.25. The van der Waals surface area contributed by atoms with E-state index in [1.54, 1.807) is 0 Å². The van der Waals surface area contributed by atoms with E-state index in [4.69, 9.17) is 11.6 Å². The largest absolute Gasteiger partial charge is 0.255 e. The Balaban J connectivity index is 2.64. The summed E-state index contributed by atoms with van der Waals surface area (Å²) >= 11 is 7.14. The summed E-state index contributed by atoms with van der Waals surface area (Å²) in [6, 6.07) is 0. The van der Waals surface area contributed by atoms with Crippen molar-refractivity contribution in [2.75, 3.05) is 6.54 Å². The zero-order valence-corrected chi connectivity index (χ0v) is 5.57. The molecule has 0 aliphatic carbocycles. The van der Waals surface area contributed by atoms with Crippen LogP contribution >= 0.6 is 23.5 Å². The van der Waals surface area contributed by atoms with Crippen molar-refractivity contribution in [3.63, 3.8) is 0 Å². The van der Waals surface area contributed by atoms with E-state index in [0.29, 0.717) is 0 Å². The van der Waals surface area contributed by atoms with Crippen molar-refractivity contribution < 1.29 is 0 Å². The first-order chi connectivity index (χ1) is 3.30. The third kappa shape index (κ3) is 1.12. The third-order valence-corrected chi connectivity index (χ3v) is 2.21. The zero-order chi connectivity index (χ0) is 5.28. The first kappa shape index (κ1) is 5.48. The van der Waals surface area contributed by atoms with Gasteiger partial charge in [-0.2, -0.15) is 0 Å². The third-order valence-electron chi connectivity index (χ3n) is 0.835. The van der Waals surface area contributed by atoms with Gasteiger partial charge >= 0.3 is 0 Å². The molecule has 0 aromatic heterocycles. The maximum atomic E-state index is 5.64. The average molecular weight is 136 g/mol. The average Bonchev–Trinajstić information content (AvgIpc) is 1.91. The molecule has 0 aromatic carbocycles. The summed E-state index contributed by atoms with van der Waals surface area (Å²) in [5.74, 6) is 0. The van der Waals surface area contributed by atoms with Crippen molar-refractivity contribution in [2.24, 2.45) is 0 Å². The molecule has 1 heterocycles. The molecule has 0 spiro atoms. The molecule has 3 heteroatoms. The van der Waals surface area contributed by atoms with Gasteiger partial charge in [-0.15, -0.1) is 0 Å². The Labute approximate surface area is 52.3 Å². The van der Waals surface area contributed by atoms with Gasteiger partial charge in [0.25, 0.3) is 0 Å². The number of rotatable bonds is 0. The quantitative estimate of drug-likeness (QED) is 0.508. The van der Waals surface area contributed by atoms with Gasteiger partial charge in [-0.1, -0.05) is 11.6 Å². The summed E-state index contributed by atoms with van der Waals surface area (Å²) in [7, 11) is 0.